The molecule has 0 spiro atoms. The second-order valence-electron chi connectivity index (χ2n) is 5.34. The van der Waals surface area contributed by atoms with Crippen molar-refractivity contribution in [3.05, 3.63) is 63.6 Å². The Hall–Kier alpha value is -1.36. The highest BCUT2D eigenvalue weighted by Crippen LogP contribution is 2.27. The molecule has 3 N–H and O–H groups in total. The van der Waals surface area contributed by atoms with Gasteiger partial charge in [-0.2, -0.15) is 0 Å². The normalized spacial score (nSPS) is 12.5. The minimum absolute atomic E-state index is 0.0371. The summed E-state index contributed by atoms with van der Waals surface area (Å²) in [5.41, 5.74) is 6.31. The van der Waals surface area contributed by atoms with Crippen LogP contribution in [0.15, 0.2) is 46.9 Å². The Labute approximate surface area is 134 Å². The third kappa shape index (κ3) is 4.06. The Kier molecular flexibility index (Phi) is 5.39. The van der Waals surface area contributed by atoms with E-state index in [0.29, 0.717) is 0 Å². The van der Waals surface area contributed by atoms with Gasteiger partial charge in [-0.15, -0.1) is 0 Å². The average molecular weight is 349 g/mol. The monoisotopic (exact) mass is 348 g/mol. The first-order valence-electron chi connectivity index (χ1n) is 7.00. The first kappa shape index (κ1) is 16.0. The molecule has 2 aromatic rings. The number of rotatable bonds is 5. The van der Waals surface area contributed by atoms with Crippen molar-refractivity contribution in [1.82, 2.24) is 5.43 Å². The Morgan fingerprint density at radius 2 is 1.67 bits per heavy atom. The lowest BCUT2D eigenvalue weighted by Crippen LogP contribution is -2.28. The largest absolute Gasteiger partial charge is 0.491 e. The van der Waals surface area contributed by atoms with Gasteiger partial charge < -0.3 is 4.74 Å². The van der Waals surface area contributed by atoms with Gasteiger partial charge in [0.1, 0.15) is 5.75 Å². The van der Waals surface area contributed by atoms with Crippen molar-refractivity contribution >= 4 is 15.9 Å². The minimum atomic E-state index is -0.0371. The molecule has 0 aliphatic rings. The lowest BCUT2D eigenvalue weighted by molar-refractivity contribution is 0.242. The van der Waals surface area contributed by atoms with E-state index >= 15 is 0 Å². The number of benzene rings is 2. The number of hydrogen-bond donors (Lipinski definition) is 2. The van der Waals surface area contributed by atoms with Crippen LogP contribution in [0, 0.1) is 6.92 Å². The quantitative estimate of drug-likeness (QED) is 0.631. The van der Waals surface area contributed by atoms with E-state index in [4.69, 9.17) is 10.6 Å². The highest BCUT2D eigenvalue weighted by molar-refractivity contribution is 9.10. The van der Waals surface area contributed by atoms with Gasteiger partial charge in [0.05, 0.1) is 12.1 Å². The predicted octanol–water partition coefficient (Wildman–Crippen LogP) is 4.10. The van der Waals surface area contributed by atoms with Gasteiger partial charge in [0, 0.05) is 4.47 Å². The molecular weight excluding hydrogens is 328 g/mol. The molecule has 21 heavy (non-hydrogen) atoms. The van der Waals surface area contributed by atoms with Gasteiger partial charge in [-0.05, 0) is 55.7 Å². The number of nitrogens with two attached hydrogens (primary N) is 1. The molecule has 4 heteroatoms. The van der Waals surface area contributed by atoms with Crippen molar-refractivity contribution in [3.8, 4) is 5.75 Å². The first-order valence-corrected chi connectivity index (χ1v) is 7.79. The summed E-state index contributed by atoms with van der Waals surface area (Å²) < 4.78 is 6.76. The summed E-state index contributed by atoms with van der Waals surface area (Å²) in [6.07, 6.45) is 0.174. The molecule has 3 nitrogen and oxygen atoms in total. The van der Waals surface area contributed by atoms with Crippen LogP contribution in [0.2, 0.25) is 0 Å². The number of hydrazine groups is 1. The number of nitrogens with one attached hydrogen (secondary N) is 1. The van der Waals surface area contributed by atoms with E-state index in [-0.39, 0.29) is 12.1 Å². The number of ether oxygens (including phenoxy) is 1. The summed E-state index contributed by atoms with van der Waals surface area (Å²) >= 11 is 3.52. The summed E-state index contributed by atoms with van der Waals surface area (Å²) in [5.74, 6) is 6.62. The van der Waals surface area contributed by atoms with Crippen LogP contribution in [0.4, 0.5) is 0 Å². The molecule has 0 aliphatic heterocycles. The summed E-state index contributed by atoms with van der Waals surface area (Å²) in [5, 5.41) is 0. The highest BCUT2D eigenvalue weighted by atomic mass is 79.9. The predicted molar refractivity (Wildman–Crippen MR) is 90.3 cm³/mol. The summed E-state index contributed by atoms with van der Waals surface area (Å²) in [4.78, 5) is 0. The van der Waals surface area contributed by atoms with Crippen LogP contribution in [-0.2, 0) is 0 Å². The van der Waals surface area contributed by atoms with Crippen LogP contribution >= 0.6 is 15.9 Å². The Balaban J connectivity index is 2.26. The van der Waals surface area contributed by atoms with Crippen molar-refractivity contribution in [1.29, 1.82) is 0 Å². The van der Waals surface area contributed by atoms with Crippen LogP contribution in [-0.4, -0.2) is 6.10 Å². The topological polar surface area (TPSA) is 47.3 Å². The van der Waals surface area contributed by atoms with E-state index in [0.717, 1.165) is 21.3 Å². The lowest BCUT2D eigenvalue weighted by Gasteiger charge is -2.18. The van der Waals surface area contributed by atoms with Crippen molar-refractivity contribution in [2.45, 2.75) is 32.9 Å². The Morgan fingerprint density at radius 1 is 1.05 bits per heavy atom. The maximum atomic E-state index is 5.75. The Morgan fingerprint density at radius 3 is 2.19 bits per heavy atom. The van der Waals surface area contributed by atoms with Crippen molar-refractivity contribution < 1.29 is 4.74 Å². The summed E-state index contributed by atoms with van der Waals surface area (Å²) in [7, 11) is 0. The SMILES string of the molecule is Cc1cc(C(NN)c2ccc(OC(C)C)cc2)ccc1Br. The summed E-state index contributed by atoms with van der Waals surface area (Å²) in [6.45, 7) is 6.10. The average Bonchev–Trinajstić information content (AvgIpc) is 2.45. The molecule has 0 saturated heterocycles. The fourth-order valence-electron chi connectivity index (χ4n) is 2.24. The van der Waals surface area contributed by atoms with Gasteiger partial charge in [-0.3, -0.25) is 5.84 Å². The van der Waals surface area contributed by atoms with Crippen molar-refractivity contribution in [3.63, 3.8) is 0 Å². The number of aryl methyl sites for hydroxylation is 1. The molecule has 0 aromatic heterocycles. The van der Waals surface area contributed by atoms with E-state index in [2.05, 4.69) is 40.4 Å². The van der Waals surface area contributed by atoms with E-state index in [1.165, 1.54) is 5.56 Å². The van der Waals surface area contributed by atoms with Crippen LogP contribution in [0.3, 0.4) is 0 Å². The maximum absolute atomic E-state index is 5.75. The van der Waals surface area contributed by atoms with Crippen LogP contribution in [0.25, 0.3) is 0 Å². The van der Waals surface area contributed by atoms with Gasteiger partial charge >= 0.3 is 0 Å². The zero-order valence-electron chi connectivity index (χ0n) is 12.6. The second-order valence-corrected chi connectivity index (χ2v) is 6.20. The van der Waals surface area contributed by atoms with Crippen LogP contribution in [0.5, 0.6) is 5.75 Å². The van der Waals surface area contributed by atoms with E-state index in [9.17, 15) is 0 Å². The molecule has 2 rings (SSSR count). The van der Waals surface area contributed by atoms with Crippen LogP contribution < -0.4 is 16.0 Å². The highest BCUT2D eigenvalue weighted by Gasteiger charge is 2.13. The van der Waals surface area contributed by atoms with Crippen molar-refractivity contribution in [2.75, 3.05) is 0 Å². The first-order chi connectivity index (χ1) is 10.0. The molecule has 0 aliphatic carbocycles. The minimum Gasteiger partial charge on any atom is -0.491 e. The zero-order valence-corrected chi connectivity index (χ0v) is 14.1. The molecule has 0 heterocycles. The molecule has 0 bridgehead atoms. The molecule has 112 valence electrons. The van der Waals surface area contributed by atoms with Gasteiger partial charge in [-0.25, -0.2) is 5.43 Å². The molecule has 1 atom stereocenters. The van der Waals surface area contributed by atoms with E-state index in [1.807, 2.05) is 44.2 Å². The third-order valence-corrected chi connectivity index (χ3v) is 4.16. The molecule has 0 saturated carbocycles. The fourth-order valence-corrected chi connectivity index (χ4v) is 2.49. The second kappa shape index (κ2) is 7.07. The molecule has 0 amide bonds. The summed E-state index contributed by atoms with van der Waals surface area (Å²) in [6, 6.07) is 14.2. The molecule has 0 radical (unpaired) electrons. The lowest BCUT2D eigenvalue weighted by atomic mass is 9.98. The van der Waals surface area contributed by atoms with Gasteiger partial charge in [0.15, 0.2) is 0 Å². The van der Waals surface area contributed by atoms with Gasteiger partial charge in [-0.1, -0.05) is 40.2 Å². The zero-order chi connectivity index (χ0) is 15.4. The fraction of sp³-hybridized carbons (Fsp3) is 0.294. The molecule has 1 unspecified atom stereocenters. The van der Waals surface area contributed by atoms with Gasteiger partial charge in [0.25, 0.3) is 0 Å². The Bertz CT molecular complexity index is 596. The smallest absolute Gasteiger partial charge is 0.119 e. The molecule has 2 aromatic carbocycles. The molecule has 0 fully saturated rings. The third-order valence-electron chi connectivity index (χ3n) is 3.27. The number of halogens is 1. The maximum Gasteiger partial charge on any atom is 0.119 e. The van der Waals surface area contributed by atoms with E-state index < -0.39 is 0 Å². The standard InChI is InChI=1S/C17H21BrN2O/c1-11(2)21-15-7-4-13(5-8-15)17(20-19)14-6-9-16(18)12(3)10-14/h4-11,17,20H,19H2,1-3H3. The van der Waals surface area contributed by atoms with Crippen LogP contribution in [0.1, 0.15) is 36.6 Å². The van der Waals surface area contributed by atoms with Crippen molar-refractivity contribution in [2.24, 2.45) is 5.84 Å². The number of hydrogen-bond acceptors (Lipinski definition) is 3. The van der Waals surface area contributed by atoms with Gasteiger partial charge in [0.2, 0.25) is 0 Å². The molecular formula is C17H21BrN2O. The van der Waals surface area contributed by atoms with E-state index in [1.54, 1.807) is 0 Å².